The summed E-state index contributed by atoms with van der Waals surface area (Å²) in [5.74, 6) is -0.337. The van der Waals surface area contributed by atoms with Gasteiger partial charge in [0.25, 0.3) is 0 Å². The maximum atomic E-state index is 11.3. The molecule has 1 N–H and O–H groups in total. The van der Waals surface area contributed by atoms with Crippen LogP contribution in [0, 0.1) is 0 Å². The van der Waals surface area contributed by atoms with E-state index in [-0.39, 0.29) is 18.2 Å². The fourth-order valence-electron chi connectivity index (χ4n) is 1.58. The van der Waals surface area contributed by atoms with Gasteiger partial charge in [-0.3, -0.25) is 0 Å². The van der Waals surface area contributed by atoms with Gasteiger partial charge in [-0.15, -0.1) is 0 Å². The molecule has 4 nitrogen and oxygen atoms in total. The van der Waals surface area contributed by atoms with Crippen LogP contribution in [-0.2, 0) is 14.3 Å². The molecule has 13 heavy (non-hydrogen) atoms. The number of fused-ring (bicyclic) bond motifs is 1. The van der Waals surface area contributed by atoms with Crippen molar-refractivity contribution in [3.63, 3.8) is 0 Å². The molecule has 4 heteroatoms. The molecule has 0 aromatic heterocycles. The lowest BCUT2D eigenvalue weighted by Crippen LogP contribution is -2.23. The Morgan fingerprint density at radius 2 is 2.62 bits per heavy atom. The minimum Gasteiger partial charge on any atom is -0.463 e. The average molecular weight is 184 g/mol. The molecule has 0 bridgehead atoms. The zero-order valence-electron chi connectivity index (χ0n) is 7.40. The van der Waals surface area contributed by atoms with E-state index in [1.165, 1.54) is 6.08 Å². The number of epoxide rings is 1. The predicted octanol–water partition coefficient (Wildman–Crippen LogP) is 0.00790. The van der Waals surface area contributed by atoms with Crippen molar-refractivity contribution < 1.29 is 19.4 Å². The smallest absolute Gasteiger partial charge is 0.333 e. The van der Waals surface area contributed by atoms with E-state index in [4.69, 9.17) is 9.47 Å². The van der Waals surface area contributed by atoms with E-state index in [2.05, 4.69) is 0 Å². The van der Waals surface area contributed by atoms with Gasteiger partial charge in [-0.25, -0.2) is 4.79 Å². The molecule has 0 spiro atoms. The topological polar surface area (TPSA) is 59.1 Å². The monoisotopic (exact) mass is 184 g/mol. The van der Waals surface area contributed by atoms with Crippen LogP contribution in [0.25, 0.3) is 0 Å². The zero-order chi connectivity index (χ0) is 9.42. The number of hydrogen-bond donors (Lipinski definition) is 1. The van der Waals surface area contributed by atoms with E-state index in [9.17, 15) is 9.90 Å². The molecule has 1 fully saturated rings. The lowest BCUT2D eigenvalue weighted by molar-refractivity contribution is -0.138. The molecule has 72 valence electrons. The fourth-order valence-corrected chi connectivity index (χ4v) is 1.58. The molecule has 1 saturated heterocycles. The summed E-state index contributed by atoms with van der Waals surface area (Å²) in [5, 5.41) is 9.40. The van der Waals surface area contributed by atoms with Crippen molar-refractivity contribution in [2.75, 3.05) is 6.61 Å². The largest absolute Gasteiger partial charge is 0.463 e. The van der Waals surface area contributed by atoms with Crippen LogP contribution in [0.5, 0.6) is 0 Å². The quantitative estimate of drug-likeness (QED) is 0.485. The molecule has 0 aromatic carbocycles. The van der Waals surface area contributed by atoms with Crippen molar-refractivity contribution in [1.29, 1.82) is 0 Å². The van der Waals surface area contributed by atoms with Gasteiger partial charge in [-0.05, 0) is 13.0 Å². The van der Waals surface area contributed by atoms with Crippen molar-refractivity contribution in [1.82, 2.24) is 0 Å². The number of rotatable bonds is 2. The Labute approximate surface area is 76.1 Å². The highest BCUT2D eigenvalue weighted by molar-refractivity contribution is 5.89. The molecular formula is C9H12O4. The van der Waals surface area contributed by atoms with Gasteiger partial charge in [-0.1, -0.05) is 0 Å². The van der Waals surface area contributed by atoms with Gasteiger partial charge in [0.1, 0.15) is 12.2 Å². The van der Waals surface area contributed by atoms with Crippen molar-refractivity contribution in [3.05, 3.63) is 11.6 Å². The lowest BCUT2D eigenvalue weighted by Gasteiger charge is -2.11. The first-order valence-electron chi connectivity index (χ1n) is 4.43. The second kappa shape index (κ2) is 3.12. The summed E-state index contributed by atoms with van der Waals surface area (Å²) in [7, 11) is 0. The Bertz CT molecular complexity index is 258. The Kier molecular flexibility index (Phi) is 2.09. The van der Waals surface area contributed by atoms with Crippen molar-refractivity contribution in [2.45, 2.75) is 31.7 Å². The maximum absolute atomic E-state index is 11.3. The molecule has 3 atom stereocenters. The van der Waals surface area contributed by atoms with E-state index in [1.807, 2.05) is 0 Å². The van der Waals surface area contributed by atoms with Crippen LogP contribution in [0.4, 0.5) is 0 Å². The van der Waals surface area contributed by atoms with Crippen LogP contribution >= 0.6 is 0 Å². The minimum absolute atomic E-state index is 0.0272. The Morgan fingerprint density at radius 3 is 3.23 bits per heavy atom. The Morgan fingerprint density at radius 1 is 1.85 bits per heavy atom. The van der Waals surface area contributed by atoms with Crippen molar-refractivity contribution in [3.8, 4) is 0 Å². The number of ether oxygens (including phenoxy) is 2. The van der Waals surface area contributed by atoms with Gasteiger partial charge in [0.05, 0.1) is 12.7 Å². The first-order chi connectivity index (χ1) is 6.22. The third kappa shape index (κ3) is 1.59. The zero-order valence-corrected chi connectivity index (χ0v) is 7.40. The number of esters is 1. The highest BCUT2D eigenvalue weighted by Gasteiger charge is 2.47. The summed E-state index contributed by atoms with van der Waals surface area (Å²) in [6.07, 6.45) is 1.41. The second-order valence-electron chi connectivity index (χ2n) is 3.25. The summed E-state index contributed by atoms with van der Waals surface area (Å²) < 4.78 is 9.96. The first kappa shape index (κ1) is 8.72. The number of carbonyl (C=O) groups excluding carboxylic acids is 1. The summed E-state index contributed by atoms with van der Waals surface area (Å²) in [6.45, 7) is 2.12. The first-order valence-corrected chi connectivity index (χ1v) is 4.43. The predicted molar refractivity (Wildman–Crippen MR) is 44.0 cm³/mol. The van der Waals surface area contributed by atoms with E-state index < -0.39 is 6.10 Å². The summed E-state index contributed by atoms with van der Waals surface area (Å²) in [6, 6.07) is 0. The molecule has 0 radical (unpaired) electrons. The van der Waals surface area contributed by atoms with E-state index >= 15 is 0 Å². The standard InChI is InChI=1S/C9H12O4/c1-2-12-9(11)5-3-6(10)8-7(4-5)13-8/h3,6-8,10H,2,4H2,1H3/t6-,7-,8+/m1/s1. The van der Waals surface area contributed by atoms with Gasteiger partial charge in [-0.2, -0.15) is 0 Å². The number of carbonyl (C=O) groups is 1. The number of hydrogen-bond acceptors (Lipinski definition) is 4. The van der Waals surface area contributed by atoms with Gasteiger partial charge >= 0.3 is 5.97 Å². The SMILES string of the molecule is CCOC(=O)C1=C[C@@H](O)[C@@H]2O[C@@H]2C1. The molecule has 0 amide bonds. The van der Waals surface area contributed by atoms with Crippen LogP contribution < -0.4 is 0 Å². The Balaban J connectivity index is 2.03. The Hall–Kier alpha value is -0.870. The van der Waals surface area contributed by atoms with Crippen LogP contribution in [0.2, 0.25) is 0 Å². The highest BCUT2D eigenvalue weighted by atomic mass is 16.6. The van der Waals surface area contributed by atoms with E-state index in [0.29, 0.717) is 18.6 Å². The van der Waals surface area contributed by atoms with E-state index in [0.717, 1.165) is 0 Å². The molecule has 1 aliphatic carbocycles. The molecule has 1 heterocycles. The molecule has 2 aliphatic rings. The lowest BCUT2D eigenvalue weighted by atomic mass is 9.98. The second-order valence-corrected chi connectivity index (χ2v) is 3.25. The molecule has 2 rings (SSSR count). The van der Waals surface area contributed by atoms with Crippen LogP contribution in [0.1, 0.15) is 13.3 Å². The highest BCUT2D eigenvalue weighted by Crippen LogP contribution is 2.36. The third-order valence-electron chi connectivity index (χ3n) is 2.29. The average Bonchev–Trinajstić information content (AvgIpc) is 2.84. The molecule has 0 aromatic rings. The third-order valence-corrected chi connectivity index (χ3v) is 2.29. The minimum atomic E-state index is -0.641. The van der Waals surface area contributed by atoms with Crippen molar-refractivity contribution in [2.24, 2.45) is 0 Å². The van der Waals surface area contributed by atoms with E-state index in [1.54, 1.807) is 6.92 Å². The van der Waals surface area contributed by atoms with Crippen molar-refractivity contribution >= 4 is 5.97 Å². The van der Waals surface area contributed by atoms with Crippen LogP contribution in [0.3, 0.4) is 0 Å². The molecule has 0 saturated carbocycles. The molecule has 1 aliphatic heterocycles. The van der Waals surface area contributed by atoms with Gasteiger partial charge in [0, 0.05) is 12.0 Å². The van der Waals surface area contributed by atoms with Gasteiger partial charge in [0.15, 0.2) is 0 Å². The fraction of sp³-hybridized carbons (Fsp3) is 0.667. The van der Waals surface area contributed by atoms with Gasteiger partial charge in [0.2, 0.25) is 0 Å². The normalized spacial score (nSPS) is 36.2. The summed E-state index contributed by atoms with van der Waals surface area (Å²) in [4.78, 5) is 11.3. The molecule has 0 unspecified atom stereocenters. The maximum Gasteiger partial charge on any atom is 0.333 e. The summed E-state index contributed by atoms with van der Waals surface area (Å²) in [5.41, 5.74) is 0.535. The number of aliphatic hydroxyl groups excluding tert-OH is 1. The van der Waals surface area contributed by atoms with Gasteiger partial charge < -0.3 is 14.6 Å². The molecular weight excluding hydrogens is 172 g/mol. The summed E-state index contributed by atoms with van der Waals surface area (Å²) >= 11 is 0. The van der Waals surface area contributed by atoms with Crippen LogP contribution in [-0.4, -0.2) is 36.0 Å². The van der Waals surface area contributed by atoms with Crippen LogP contribution in [0.15, 0.2) is 11.6 Å². The number of aliphatic hydroxyl groups is 1.